The first kappa shape index (κ1) is 26.1. The van der Waals surface area contributed by atoms with E-state index in [1.807, 2.05) is 35.1 Å². The minimum Gasteiger partial charge on any atom is -0.376 e. The van der Waals surface area contributed by atoms with E-state index in [1.165, 1.54) is 13.1 Å². The molecule has 0 unspecified atom stereocenters. The van der Waals surface area contributed by atoms with E-state index in [2.05, 4.69) is 10.3 Å². The fraction of sp³-hybridized carbons (Fsp3) is 0.286. The molecule has 14 heteroatoms. The van der Waals surface area contributed by atoms with Crippen LogP contribution in [0.3, 0.4) is 0 Å². The number of nitrogens with zero attached hydrogens (tertiary/aromatic N) is 3. The molecule has 2 N–H and O–H groups in total. The van der Waals surface area contributed by atoms with E-state index in [9.17, 15) is 36.1 Å². The number of hydrogen-bond acceptors (Lipinski definition) is 6. The van der Waals surface area contributed by atoms with Crippen molar-refractivity contribution in [3.63, 3.8) is 0 Å². The summed E-state index contributed by atoms with van der Waals surface area (Å²) in [6, 6.07) is 11.1. The molecule has 1 aromatic heterocycles. The third kappa shape index (κ3) is 6.14. The summed E-state index contributed by atoms with van der Waals surface area (Å²) < 4.78 is 80.3. The molecule has 9 nitrogen and oxygen atoms in total. The molecule has 35 heavy (non-hydrogen) atoms. The lowest BCUT2D eigenvalue weighted by Crippen LogP contribution is -2.34. The number of anilines is 1. The third-order valence-corrected chi connectivity index (χ3v) is 6.54. The van der Waals surface area contributed by atoms with Crippen molar-refractivity contribution in [2.24, 2.45) is 0 Å². The number of nitrogens with one attached hydrogen (secondary N) is 2. The number of nitro benzene ring substituents is 1. The van der Waals surface area contributed by atoms with Crippen molar-refractivity contribution in [1.29, 1.82) is 0 Å². The minimum absolute atomic E-state index is 0.00428. The molecule has 0 fully saturated rings. The molecule has 2 aromatic carbocycles. The second-order valence-electron chi connectivity index (χ2n) is 7.50. The van der Waals surface area contributed by atoms with Crippen LogP contribution in [0.5, 0.6) is 0 Å². The van der Waals surface area contributed by atoms with Crippen LogP contribution in [0.15, 0.2) is 59.8 Å². The van der Waals surface area contributed by atoms with Gasteiger partial charge in [-0.3, -0.25) is 10.1 Å². The van der Waals surface area contributed by atoms with E-state index in [0.717, 1.165) is 17.8 Å². The normalized spacial score (nSPS) is 12.2. The van der Waals surface area contributed by atoms with Gasteiger partial charge in [-0.05, 0) is 25.1 Å². The summed E-state index contributed by atoms with van der Waals surface area (Å²) >= 11 is 0. The predicted molar refractivity (Wildman–Crippen MR) is 119 cm³/mol. The predicted octanol–water partition coefficient (Wildman–Crippen LogP) is 4.27. The zero-order valence-electron chi connectivity index (χ0n) is 18.3. The maximum absolute atomic E-state index is 13.2. The largest absolute Gasteiger partial charge is 0.376 e. The Kier molecular flexibility index (Phi) is 7.75. The summed E-state index contributed by atoms with van der Waals surface area (Å²) in [5, 5.41) is 14.2. The smallest absolute Gasteiger partial charge is 0.308 e. The van der Waals surface area contributed by atoms with Gasteiger partial charge in [0.2, 0.25) is 10.0 Å². The lowest BCUT2D eigenvalue weighted by Gasteiger charge is -2.17. The lowest BCUT2D eigenvalue weighted by molar-refractivity contribution is -0.385. The Labute approximate surface area is 198 Å². The molecule has 0 amide bonds. The molecule has 0 saturated carbocycles. The first-order valence-corrected chi connectivity index (χ1v) is 11.7. The molecular formula is C21H21F4N5O4S. The fourth-order valence-electron chi connectivity index (χ4n) is 3.23. The van der Waals surface area contributed by atoms with E-state index < -0.39 is 45.2 Å². The topological polar surface area (TPSA) is 119 Å². The number of benzene rings is 2. The fourth-order valence-corrected chi connectivity index (χ4v) is 4.51. The molecule has 188 valence electrons. The van der Waals surface area contributed by atoms with Crippen molar-refractivity contribution in [2.45, 2.75) is 37.1 Å². The first-order chi connectivity index (χ1) is 16.4. The standard InChI is InChI=1S/C21H21F4N5O4S/c1-14-11-18(35(33,34)28-8-7-21(24,25)20(22)23)16(12-17(14)30(31)32)27-13-19-26-9-10-29(19)15-5-3-2-4-6-15/h2-6,9-12,20,27-28H,7-8,13H2,1H3. The van der Waals surface area contributed by atoms with Crippen LogP contribution >= 0.6 is 0 Å². The monoisotopic (exact) mass is 515 g/mol. The number of aromatic nitrogens is 2. The molecule has 3 aromatic rings. The highest BCUT2D eigenvalue weighted by atomic mass is 32.2. The van der Waals surface area contributed by atoms with Crippen molar-refractivity contribution < 1.29 is 30.9 Å². The quantitative estimate of drug-likeness (QED) is 0.224. The van der Waals surface area contributed by atoms with Crippen LogP contribution in [0.25, 0.3) is 5.69 Å². The van der Waals surface area contributed by atoms with Crippen LogP contribution in [0, 0.1) is 17.0 Å². The molecule has 0 radical (unpaired) electrons. The summed E-state index contributed by atoms with van der Waals surface area (Å²) in [6.07, 6.45) is -2.18. The number of halogens is 4. The van der Waals surface area contributed by atoms with Crippen LogP contribution in [0.4, 0.5) is 28.9 Å². The first-order valence-electron chi connectivity index (χ1n) is 10.2. The highest BCUT2D eigenvalue weighted by Gasteiger charge is 2.40. The Morgan fingerprint density at radius 1 is 1.20 bits per heavy atom. The van der Waals surface area contributed by atoms with Gasteiger partial charge in [0.1, 0.15) is 10.7 Å². The summed E-state index contributed by atoms with van der Waals surface area (Å²) in [7, 11) is -4.50. The Bertz CT molecular complexity index is 1300. The molecule has 0 spiro atoms. The van der Waals surface area contributed by atoms with Gasteiger partial charge in [-0.2, -0.15) is 0 Å². The number of para-hydroxylation sites is 1. The van der Waals surface area contributed by atoms with E-state index >= 15 is 0 Å². The zero-order chi connectivity index (χ0) is 25.8. The number of nitro groups is 1. The molecule has 0 aliphatic carbocycles. The lowest BCUT2D eigenvalue weighted by atomic mass is 10.2. The summed E-state index contributed by atoms with van der Waals surface area (Å²) in [6.45, 7) is 0.301. The minimum atomic E-state index is -4.50. The Hall–Kier alpha value is -3.52. The molecule has 1 heterocycles. The van der Waals surface area contributed by atoms with Gasteiger partial charge in [0, 0.05) is 42.7 Å². The van der Waals surface area contributed by atoms with E-state index in [-0.39, 0.29) is 23.5 Å². The van der Waals surface area contributed by atoms with E-state index in [4.69, 9.17) is 0 Å². The van der Waals surface area contributed by atoms with Gasteiger partial charge in [-0.25, -0.2) is 35.7 Å². The van der Waals surface area contributed by atoms with Crippen molar-refractivity contribution in [2.75, 3.05) is 11.9 Å². The number of imidazole rings is 1. The van der Waals surface area contributed by atoms with Gasteiger partial charge in [0.05, 0.1) is 17.2 Å². The Balaban J connectivity index is 1.89. The van der Waals surface area contributed by atoms with Crippen molar-refractivity contribution in [3.8, 4) is 5.69 Å². The van der Waals surface area contributed by atoms with Crippen molar-refractivity contribution >= 4 is 21.4 Å². The third-order valence-electron chi connectivity index (χ3n) is 5.04. The molecule has 0 aliphatic rings. The van der Waals surface area contributed by atoms with E-state index in [0.29, 0.717) is 5.82 Å². The van der Waals surface area contributed by atoms with Crippen LogP contribution in [0.1, 0.15) is 17.8 Å². The summed E-state index contributed by atoms with van der Waals surface area (Å²) in [5.74, 6) is -3.92. The molecule has 0 aliphatic heterocycles. The maximum Gasteiger partial charge on any atom is 0.308 e. The van der Waals surface area contributed by atoms with Crippen LogP contribution < -0.4 is 10.0 Å². The van der Waals surface area contributed by atoms with Gasteiger partial charge in [0.25, 0.3) is 5.69 Å². The molecule has 0 saturated heterocycles. The Morgan fingerprint density at radius 3 is 2.51 bits per heavy atom. The average molecular weight is 515 g/mol. The highest BCUT2D eigenvalue weighted by molar-refractivity contribution is 7.89. The molecule has 3 rings (SSSR count). The average Bonchev–Trinajstić information content (AvgIpc) is 3.26. The van der Waals surface area contributed by atoms with Crippen LogP contribution in [-0.4, -0.2) is 41.8 Å². The number of hydrogen-bond donors (Lipinski definition) is 2. The second kappa shape index (κ2) is 10.4. The number of rotatable bonds is 11. The number of sulfonamides is 1. The molecular weight excluding hydrogens is 494 g/mol. The van der Waals surface area contributed by atoms with Gasteiger partial charge >= 0.3 is 12.3 Å². The number of alkyl halides is 4. The Morgan fingerprint density at radius 2 is 1.89 bits per heavy atom. The summed E-state index contributed by atoms with van der Waals surface area (Å²) in [4.78, 5) is 14.5. The second-order valence-corrected chi connectivity index (χ2v) is 9.24. The SMILES string of the molecule is Cc1cc(S(=O)(=O)NCCC(F)(F)C(F)F)c(NCc2nccn2-c2ccccc2)cc1[N+](=O)[O-]. The van der Waals surface area contributed by atoms with Gasteiger partial charge in [-0.15, -0.1) is 0 Å². The van der Waals surface area contributed by atoms with Gasteiger partial charge < -0.3 is 9.88 Å². The molecule has 0 bridgehead atoms. The maximum atomic E-state index is 13.2. The van der Waals surface area contributed by atoms with Gasteiger partial charge in [-0.1, -0.05) is 18.2 Å². The zero-order valence-corrected chi connectivity index (χ0v) is 19.1. The van der Waals surface area contributed by atoms with E-state index in [1.54, 1.807) is 10.8 Å². The van der Waals surface area contributed by atoms with Crippen molar-refractivity contribution in [1.82, 2.24) is 14.3 Å². The van der Waals surface area contributed by atoms with Crippen LogP contribution in [0.2, 0.25) is 0 Å². The van der Waals surface area contributed by atoms with Crippen LogP contribution in [-0.2, 0) is 16.6 Å². The van der Waals surface area contributed by atoms with Gasteiger partial charge in [0.15, 0.2) is 0 Å². The number of aryl methyl sites for hydroxylation is 1. The van der Waals surface area contributed by atoms with Crippen molar-refractivity contribution in [3.05, 3.63) is 76.4 Å². The summed E-state index contributed by atoms with van der Waals surface area (Å²) in [5.41, 5.74) is 0.218. The highest BCUT2D eigenvalue weighted by Crippen LogP contribution is 2.31. The molecule has 0 atom stereocenters.